The molecule has 6 heteroatoms. The van der Waals surface area contributed by atoms with Crippen molar-refractivity contribution in [2.45, 2.75) is 38.8 Å². The SMILES string of the molecule is Cc1ccc(CC(C)NC(=O)C(N)CC(=O)O)s1. The fourth-order valence-electron chi connectivity index (χ4n) is 1.58. The van der Waals surface area contributed by atoms with E-state index in [1.807, 2.05) is 26.0 Å². The molecule has 0 aliphatic carbocycles. The normalized spacial score (nSPS) is 13.9. The predicted molar refractivity (Wildman–Crippen MR) is 70.6 cm³/mol. The molecule has 0 fully saturated rings. The molecule has 1 heterocycles. The molecule has 1 aromatic rings. The molecule has 100 valence electrons. The van der Waals surface area contributed by atoms with E-state index in [-0.39, 0.29) is 12.5 Å². The Hall–Kier alpha value is -1.40. The topological polar surface area (TPSA) is 92.4 Å². The van der Waals surface area contributed by atoms with Gasteiger partial charge in [0, 0.05) is 22.2 Å². The number of hydrogen-bond acceptors (Lipinski definition) is 4. The van der Waals surface area contributed by atoms with E-state index in [1.54, 1.807) is 11.3 Å². The standard InChI is InChI=1S/C12H18N2O3S/c1-7(5-9-4-3-8(2)18-9)14-12(17)10(13)6-11(15)16/h3-4,7,10H,5-6,13H2,1-2H3,(H,14,17)(H,15,16). The van der Waals surface area contributed by atoms with Crippen molar-refractivity contribution < 1.29 is 14.7 Å². The first-order valence-electron chi connectivity index (χ1n) is 5.71. The minimum atomic E-state index is -1.07. The van der Waals surface area contributed by atoms with Crippen molar-refractivity contribution in [1.29, 1.82) is 0 Å². The van der Waals surface area contributed by atoms with E-state index in [4.69, 9.17) is 10.8 Å². The quantitative estimate of drug-likeness (QED) is 0.716. The Kier molecular flexibility index (Phi) is 5.30. The number of hydrogen-bond donors (Lipinski definition) is 3. The van der Waals surface area contributed by atoms with Crippen LogP contribution < -0.4 is 11.1 Å². The van der Waals surface area contributed by atoms with Gasteiger partial charge >= 0.3 is 5.97 Å². The molecule has 0 saturated carbocycles. The zero-order valence-corrected chi connectivity index (χ0v) is 11.3. The summed E-state index contributed by atoms with van der Waals surface area (Å²) in [4.78, 5) is 24.4. The Morgan fingerprint density at radius 1 is 1.50 bits per heavy atom. The van der Waals surface area contributed by atoms with Gasteiger partial charge in [-0.25, -0.2) is 0 Å². The highest BCUT2D eigenvalue weighted by atomic mass is 32.1. The number of thiophene rings is 1. The predicted octanol–water partition coefficient (Wildman–Crippen LogP) is 0.906. The number of nitrogens with two attached hydrogens (primary N) is 1. The molecule has 1 amide bonds. The van der Waals surface area contributed by atoms with Crippen LogP contribution in [0.4, 0.5) is 0 Å². The van der Waals surface area contributed by atoms with Gasteiger partial charge in [-0.3, -0.25) is 9.59 Å². The molecular weight excluding hydrogens is 252 g/mol. The summed E-state index contributed by atoms with van der Waals surface area (Å²) in [6.45, 7) is 3.90. The van der Waals surface area contributed by atoms with Crippen molar-refractivity contribution in [3.05, 3.63) is 21.9 Å². The largest absolute Gasteiger partial charge is 0.481 e. The Morgan fingerprint density at radius 2 is 2.17 bits per heavy atom. The maximum absolute atomic E-state index is 11.6. The summed E-state index contributed by atoms with van der Waals surface area (Å²) in [6, 6.07) is 3.01. The van der Waals surface area contributed by atoms with Crippen LogP contribution in [0.15, 0.2) is 12.1 Å². The minimum Gasteiger partial charge on any atom is -0.481 e. The number of nitrogens with one attached hydrogen (secondary N) is 1. The first-order chi connectivity index (χ1) is 8.38. The summed E-state index contributed by atoms with van der Waals surface area (Å²) in [5.74, 6) is -1.49. The number of amides is 1. The second kappa shape index (κ2) is 6.51. The molecule has 0 aromatic carbocycles. The Balaban J connectivity index is 2.42. The molecule has 2 atom stereocenters. The molecule has 0 bridgehead atoms. The van der Waals surface area contributed by atoms with E-state index in [9.17, 15) is 9.59 Å². The van der Waals surface area contributed by atoms with Gasteiger partial charge in [-0.2, -0.15) is 0 Å². The van der Waals surface area contributed by atoms with E-state index < -0.39 is 17.9 Å². The van der Waals surface area contributed by atoms with Crippen molar-refractivity contribution in [3.8, 4) is 0 Å². The molecule has 1 aromatic heterocycles. The lowest BCUT2D eigenvalue weighted by atomic mass is 10.1. The second-order valence-electron chi connectivity index (χ2n) is 4.33. The number of aryl methyl sites for hydroxylation is 1. The number of aliphatic carboxylic acids is 1. The number of carboxylic acids is 1. The fourth-order valence-corrected chi connectivity index (χ4v) is 2.60. The maximum atomic E-state index is 11.6. The molecule has 18 heavy (non-hydrogen) atoms. The van der Waals surface area contributed by atoms with Crippen LogP contribution in [0.25, 0.3) is 0 Å². The highest BCUT2D eigenvalue weighted by Crippen LogP contribution is 2.16. The van der Waals surface area contributed by atoms with Crippen LogP contribution in [0, 0.1) is 6.92 Å². The fraction of sp³-hybridized carbons (Fsp3) is 0.500. The van der Waals surface area contributed by atoms with E-state index in [0.29, 0.717) is 0 Å². The van der Waals surface area contributed by atoms with Gasteiger partial charge in [0.2, 0.25) is 5.91 Å². The summed E-state index contributed by atoms with van der Waals surface area (Å²) >= 11 is 1.69. The van der Waals surface area contributed by atoms with Crippen LogP contribution in [0.5, 0.6) is 0 Å². The van der Waals surface area contributed by atoms with Gasteiger partial charge in [0.25, 0.3) is 0 Å². The first-order valence-corrected chi connectivity index (χ1v) is 6.53. The Labute approximate surface area is 110 Å². The monoisotopic (exact) mass is 270 g/mol. The van der Waals surface area contributed by atoms with E-state index >= 15 is 0 Å². The summed E-state index contributed by atoms with van der Waals surface area (Å²) in [5.41, 5.74) is 5.47. The summed E-state index contributed by atoms with van der Waals surface area (Å²) in [5, 5.41) is 11.3. The molecule has 1 rings (SSSR count). The lowest BCUT2D eigenvalue weighted by molar-refractivity contribution is -0.139. The van der Waals surface area contributed by atoms with E-state index in [0.717, 1.165) is 6.42 Å². The summed E-state index contributed by atoms with van der Waals surface area (Å²) in [7, 11) is 0. The molecule has 0 aliphatic heterocycles. The van der Waals surface area contributed by atoms with Gasteiger partial charge in [-0.05, 0) is 26.0 Å². The third kappa shape index (κ3) is 4.85. The highest BCUT2D eigenvalue weighted by molar-refractivity contribution is 7.11. The van der Waals surface area contributed by atoms with Crippen LogP contribution in [0.2, 0.25) is 0 Å². The van der Waals surface area contributed by atoms with Crippen LogP contribution in [-0.4, -0.2) is 29.1 Å². The average molecular weight is 270 g/mol. The Morgan fingerprint density at radius 3 is 2.67 bits per heavy atom. The van der Waals surface area contributed by atoms with E-state index in [2.05, 4.69) is 5.32 Å². The average Bonchev–Trinajstić information content (AvgIpc) is 2.62. The number of rotatable bonds is 6. The van der Waals surface area contributed by atoms with Crippen LogP contribution in [0.3, 0.4) is 0 Å². The van der Waals surface area contributed by atoms with Gasteiger partial charge in [0.1, 0.15) is 0 Å². The van der Waals surface area contributed by atoms with Gasteiger partial charge in [0.15, 0.2) is 0 Å². The first kappa shape index (κ1) is 14.7. The van der Waals surface area contributed by atoms with Gasteiger partial charge in [-0.15, -0.1) is 11.3 Å². The highest BCUT2D eigenvalue weighted by Gasteiger charge is 2.18. The summed E-state index contributed by atoms with van der Waals surface area (Å²) in [6.07, 6.45) is 0.376. The third-order valence-corrected chi connectivity index (χ3v) is 3.45. The van der Waals surface area contributed by atoms with Crippen LogP contribution in [-0.2, 0) is 16.0 Å². The Bertz CT molecular complexity index is 431. The van der Waals surface area contributed by atoms with Crippen molar-refractivity contribution >= 4 is 23.2 Å². The third-order valence-electron chi connectivity index (χ3n) is 2.42. The zero-order chi connectivity index (χ0) is 13.7. The smallest absolute Gasteiger partial charge is 0.305 e. The van der Waals surface area contributed by atoms with Gasteiger partial charge < -0.3 is 16.2 Å². The van der Waals surface area contributed by atoms with Crippen LogP contribution in [0.1, 0.15) is 23.1 Å². The van der Waals surface area contributed by atoms with Crippen LogP contribution >= 0.6 is 11.3 Å². The molecule has 4 N–H and O–H groups in total. The molecule has 0 saturated heterocycles. The lowest BCUT2D eigenvalue weighted by Crippen LogP contribution is -2.45. The van der Waals surface area contributed by atoms with Crippen molar-refractivity contribution in [2.75, 3.05) is 0 Å². The van der Waals surface area contributed by atoms with Crippen molar-refractivity contribution in [1.82, 2.24) is 5.32 Å². The maximum Gasteiger partial charge on any atom is 0.305 e. The molecule has 2 unspecified atom stereocenters. The lowest BCUT2D eigenvalue weighted by Gasteiger charge is -2.16. The second-order valence-corrected chi connectivity index (χ2v) is 5.70. The minimum absolute atomic E-state index is 0.0598. The molecule has 0 spiro atoms. The number of carboxylic acid groups (broad SMARTS) is 1. The zero-order valence-electron chi connectivity index (χ0n) is 10.5. The van der Waals surface area contributed by atoms with Crippen molar-refractivity contribution in [2.24, 2.45) is 5.73 Å². The molecule has 5 nitrogen and oxygen atoms in total. The van der Waals surface area contributed by atoms with Gasteiger partial charge in [0.05, 0.1) is 12.5 Å². The van der Waals surface area contributed by atoms with Crippen molar-refractivity contribution in [3.63, 3.8) is 0 Å². The number of carbonyl (C=O) groups excluding carboxylic acids is 1. The van der Waals surface area contributed by atoms with Gasteiger partial charge in [-0.1, -0.05) is 0 Å². The molecule has 0 radical (unpaired) electrons. The molecule has 0 aliphatic rings. The van der Waals surface area contributed by atoms with E-state index in [1.165, 1.54) is 9.75 Å². The molecular formula is C12H18N2O3S. The number of carbonyl (C=O) groups is 2. The summed E-state index contributed by atoms with van der Waals surface area (Å²) < 4.78 is 0.